The topological polar surface area (TPSA) is 0 Å². The second-order valence-corrected chi connectivity index (χ2v) is 5.97. The number of rotatable bonds is 3. The molecule has 2 aliphatic rings. The van der Waals surface area contributed by atoms with Gasteiger partial charge in [-0.1, -0.05) is 37.1 Å². The van der Waals surface area contributed by atoms with Crippen LogP contribution in [0.1, 0.15) is 59.3 Å². The lowest BCUT2D eigenvalue weighted by atomic mass is 9.71. The molecule has 0 saturated heterocycles. The summed E-state index contributed by atoms with van der Waals surface area (Å²) >= 11 is 0. The van der Waals surface area contributed by atoms with E-state index in [1.54, 1.807) is 11.1 Å². The summed E-state index contributed by atoms with van der Waals surface area (Å²) in [6.07, 6.45) is 13.0. The molecule has 2 rings (SSSR count). The predicted molar refractivity (Wildman–Crippen MR) is 66.8 cm³/mol. The lowest BCUT2D eigenvalue weighted by Gasteiger charge is -2.34. The highest BCUT2D eigenvalue weighted by molar-refractivity contribution is 5.25. The van der Waals surface area contributed by atoms with Gasteiger partial charge in [0.25, 0.3) is 0 Å². The van der Waals surface area contributed by atoms with Crippen molar-refractivity contribution in [1.29, 1.82) is 0 Å². The molecule has 84 valence electrons. The van der Waals surface area contributed by atoms with E-state index in [0.717, 1.165) is 5.92 Å². The molecule has 0 radical (unpaired) electrons. The SMILES string of the molecule is CC1=C(C/C=C/C2CC2)C(C)(C)CCC1. The van der Waals surface area contributed by atoms with E-state index < -0.39 is 0 Å². The first-order valence-electron chi connectivity index (χ1n) is 6.45. The van der Waals surface area contributed by atoms with Crippen molar-refractivity contribution in [2.24, 2.45) is 11.3 Å². The Balaban J connectivity index is 2.02. The van der Waals surface area contributed by atoms with Crippen molar-refractivity contribution in [3.63, 3.8) is 0 Å². The molecule has 15 heavy (non-hydrogen) atoms. The number of hydrogen-bond acceptors (Lipinski definition) is 0. The van der Waals surface area contributed by atoms with Crippen LogP contribution in [0.2, 0.25) is 0 Å². The van der Waals surface area contributed by atoms with E-state index in [4.69, 9.17) is 0 Å². The zero-order valence-electron chi connectivity index (χ0n) is 10.5. The maximum atomic E-state index is 2.44. The molecule has 0 amide bonds. The molecule has 0 unspecified atom stereocenters. The molecule has 0 N–H and O–H groups in total. The Bertz CT molecular complexity index is 287. The Labute approximate surface area is 94.5 Å². The van der Waals surface area contributed by atoms with Gasteiger partial charge in [0.1, 0.15) is 0 Å². The van der Waals surface area contributed by atoms with Gasteiger partial charge in [-0.15, -0.1) is 0 Å². The third-order valence-electron chi connectivity index (χ3n) is 4.04. The fourth-order valence-corrected chi connectivity index (χ4v) is 2.79. The molecule has 0 heteroatoms. The lowest BCUT2D eigenvalue weighted by Crippen LogP contribution is -2.19. The number of hydrogen-bond donors (Lipinski definition) is 0. The molecule has 1 fully saturated rings. The molecule has 0 heterocycles. The standard InChI is InChI=1S/C15H24/c1-12-6-5-11-15(2,3)14(12)8-4-7-13-9-10-13/h4,7,13H,5-6,8-11H2,1-3H3/b7-4+. The Morgan fingerprint density at radius 1 is 1.33 bits per heavy atom. The lowest BCUT2D eigenvalue weighted by molar-refractivity contribution is 0.360. The molecule has 0 aromatic heterocycles. The molecule has 0 aromatic carbocycles. The summed E-state index contributed by atoms with van der Waals surface area (Å²) < 4.78 is 0. The maximum absolute atomic E-state index is 2.44. The van der Waals surface area contributed by atoms with Crippen LogP contribution in [-0.2, 0) is 0 Å². The van der Waals surface area contributed by atoms with E-state index in [0.29, 0.717) is 5.41 Å². The van der Waals surface area contributed by atoms with Gasteiger partial charge in [-0.3, -0.25) is 0 Å². The molecule has 0 spiro atoms. The van der Waals surface area contributed by atoms with Crippen LogP contribution >= 0.6 is 0 Å². The van der Waals surface area contributed by atoms with Gasteiger partial charge in [0.2, 0.25) is 0 Å². The van der Waals surface area contributed by atoms with Gasteiger partial charge >= 0.3 is 0 Å². The van der Waals surface area contributed by atoms with Crippen molar-refractivity contribution in [3.05, 3.63) is 23.3 Å². The van der Waals surface area contributed by atoms with Crippen molar-refractivity contribution in [2.45, 2.75) is 59.3 Å². The van der Waals surface area contributed by atoms with Crippen LogP contribution in [0.25, 0.3) is 0 Å². The van der Waals surface area contributed by atoms with E-state index in [1.807, 2.05) is 0 Å². The predicted octanol–water partition coefficient (Wildman–Crippen LogP) is 4.87. The minimum Gasteiger partial charge on any atom is -0.0851 e. The van der Waals surface area contributed by atoms with E-state index in [-0.39, 0.29) is 0 Å². The van der Waals surface area contributed by atoms with Gasteiger partial charge in [0.15, 0.2) is 0 Å². The molecule has 0 aromatic rings. The first kappa shape index (κ1) is 11.0. The first-order valence-corrected chi connectivity index (χ1v) is 6.45. The largest absolute Gasteiger partial charge is 0.0851 e. The van der Waals surface area contributed by atoms with E-state index >= 15 is 0 Å². The average molecular weight is 204 g/mol. The van der Waals surface area contributed by atoms with Gasteiger partial charge in [0.05, 0.1) is 0 Å². The van der Waals surface area contributed by atoms with Crippen molar-refractivity contribution in [2.75, 3.05) is 0 Å². The van der Waals surface area contributed by atoms with Crippen LogP contribution in [-0.4, -0.2) is 0 Å². The Kier molecular flexibility index (Phi) is 3.04. The maximum Gasteiger partial charge on any atom is -0.0131 e. The summed E-state index contributed by atoms with van der Waals surface area (Å²) in [4.78, 5) is 0. The highest BCUT2D eigenvalue weighted by atomic mass is 14.3. The highest BCUT2D eigenvalue weighted by Gasteiger charge is 2.27. The second-order valence-electron chi connectivity index (χ2n) is 5.97. The van der Waals surface area contributed by atoms with Gasteiger partial charge < -0.3 is 0 Å². The summed E-state index contributed by atoms with van der Waals surface area (Å²) in [5.74, 6) is 0.928. The zero-order chi connectivity index (χ0) is 10.9. The van der Waals surface area contributed by atoms with Crippen molar-refractivity contribution in [1.82, 2.24) is 0 Å². The van der Waals surface area contributed by atoms with Crippen LogP contribution in [0, 0.1) is 11.3 Å². The molecule has 0 nitrogen and oxygen atoms in total. The Hall–Kier alpha value is -0.520. The highest BCUT2D eigenvalue weighted by Crippen LogP contribution is 2.42. The van der Waals surface area contributed by atoms with Gasteiger partial charge in [-0.05, 0) is 56.8 Å². The minimum atomic E-state index is 0.455. The molecule has 0 bridgehead atoms. The molecule has 0 atom stereocenters. The van der Waals surface area contributed by atoms with Crippen LogP contribution in [0.4, 0.5) is 0 Å². The summed E-state index contributed by atoms with van der Waals surface area (Å²) in [6.45, 7) is 7.16. The second kappa shape index (κ2) is 4.15. The molecule has 0 aliphatic heterocycles. The van der Waals surface area contributed by atoms with Gasteiger partial charge in [0, 0.05) is 0 Å². The van der Waals surface area contributed by atoms with Crippen LogP contribution < -0.4 is 0 Å². The fourth-order valence-electron chi connectivity index (χ4n) is 2.79. The van der Waals surface area contributed by atoms with E-state index in [9.17, 15) is 0 Å². The molecule has 1 saturated carbocycles. The average Bonchev–Trinajstić information content (AvgIpc) is 2.93. The van der Waals surface area contributed by atoms with Gasteiger partial charge in [-0.2, -0.15) is 0 Å². The fraction of sp³-hybridized carbons (Fsp3) is 0.733. The Morgan fingerprint density at radius 3 is 2.67 bits per heavy atom. The third kappa shape index (κ3) is 2.74. The van der Waals surface area contributed by atoms with Gasteiger partial charge in [-0.25, -0.2) is 0 Å². The summed E-state index contributed by atoms with van der Waals surface area (Å²) in [5.41, 5.74) is 3.83. The van der Waals surface area contributed by atoms with Crippen LogP contribution in [0.15, 0.2) is 23.3 Å². The summed E-state index contributed by atoms with van der Waals surface area (Å²) in [7, 11) is 0. The summed E-state index contributed by atoms with van der Waals surface area (Å²) in [5, 5.41) is 0. The van der Waals surface area contributed by atoms with E-state index in [2.05, 4.69) is 32.9 Å². The Morgan fingerprint density at radius 2 is 2.07 bits per heavy atom. The molecular formula is C15H24. The molecular weight excluding hydrogens is 180 g/mol. The minimum absolute atomic E-state index is 0.455. The van der Waals surface area contributed by atoms with E-state index in [1.165, 1.54) is 38.5 Å². The normalized spacial score (nSPS) is 26.3. The third-order valence-corrected chi connectivity index (χ3v) is 4.04. The van der Waals surface area contributed by atoms with Crippen LogP contribution in [0.5, 0.6) is 0 Å². The van der Waals surface area contributed by atoms with Crippen molar-refractivity contribution < 1.29 is 0 Å². The zero-order valence-corrected chi connectivity index (χ0v) is 10.5. The molecule has 2 aliphatic carbocycles. The first-order chi connectivity index (χ1) is 7.09. The van der Waals surface area contributed by atoms with Crippen molar-refractivity contribution in [3.8, 4) is 0 Å². The summed E-state index contributed by atoms with van der Waals surface area (Å²) in [6, 6.07) is 0. The smallest absolute Gasteiger partial charge is 0.0131 e. The van der Waals surface area contributed by atoms with Crippen LogP contribution in [0.3, 0.4) is 0 Å². The quantitative estimate of drug-likeness (QED) is 0.575. The monoisotopic (exact) mass is 204 g/mol. The van der Waals surface area contributed by atoms with Crippen molar-refractivity contribution >= 4 is 0 Å². The number of allylic oxidation sites excluding steroid dienone is 4.